The average Bonchev–Trinajstić information content (AvgIpc) is 2.74. The number of hydrogen-bond donors (Lipinski definition) is 1. The number of likely N-dealkylation sites (tertiary alicyclic amines) is 1. The molecule has 1 N–H and O–H groups in total. The third-order valence-corrected chi connectivity index (χ3v) is 5.33. The molecule has 5 nitrogen and oxygen atoms in total. The molecule has 0 atom stereocenters. The Morgan fingerprint density at radius 3 is 2.50 bits per heavy atom. The fraction of sp³-hybridized carbons (Fsp3) is 0.833. The van der Waals surface area contributed by atoms with Gasteiger partial charge in [-0.2, -0.15) is 0 Å². The molecule has 2 saturated heterocycles. The Bertz CT molecular complexity index is 340. The van der Waals surface area contributed by atoms with Crippen LogP contribution < -0.4 is 0 Å². The van der Waals surface area contributed by atoms with Crippen LogP contribution in [0.3, 0.4) is 0 Å². The Labute approximate surface area is 112 Å². The Morgan fingerprint density at radius 1 is 1.28 bits per heavy atom. The Morgan fingerprint density at radius 2 is 1.94 bits per heavy atom. The topological polar surface area (TPSA) is 60.9 Å². The summed E-state index contributed by atoms with van der Waals surface area (Å²) in [7, 11) is 0. The zero-order valence-corrected chi connectivity index (χ0v) is 11.5. The highest BCUT2D eigenvalue weighted by atomic mass is 32.2. The minimum absolute atomic E-state index is 0.0183. The van der Waals surface area contributed by atoms with Gasteiger partial charge in [0.05, 0.1) is 11.5 Å². The summed E-state index contributed by atoms with van der Waals surface area (Å²) in [5.74, 6) is 1.14. The number of rotatable bonds is 2. The summed E-state index contributed by atoms with van der Waals surface area (Å²) in [5.41, 5.74) is 0. The van der Waals surface area contributed by atoms with Gasteiger partial charge in [0.1, 0.15) is 0 Å². The van der Waals surface area contributed by atoms with Crippen LogP contribution in [0.15, 0.2) is 0 Å². The number of hydrogen-bond acceptors (Lipinski definition) is 4. The Hall–Kier alpha value is -0.750. The van der Waals surface area contributed by atoms with Crippen molar-refractivity contribution in [3.8, 4) is 0 Å². The van der Waals surface area contributed by atoms with E-state index in [9.17, 15) is 9.59 Å². The molecule has 0 aromatic carbocycles. The summed E-state index contributed by atoms with van der Waals surface area (Å²) < 4.78 is 0. The molecule has 1 spiro atoms. The van der Waals surface area contributed by atoms with Crippen molar-refractivity contribution < 1.29 is 14.7 Å². The molecule has 0 aliphatic carbocycles. The van der Waals surface area contributed by atoms with Gasteiger partial charge in [0.2, 0.25) is 11.8 Å². The number of carbonyl (C=O) groups is 2. The van der Waals surface area contributed by atoms with E-state index in [-0.39, 0.29) is 29.7 Å². The number of aliphatic hydroxyl groups is 1. The number of nitrogens with zero attached hydrogens (tertiary/aromatic N) is 2. The van der Waals surface area contributed by atoms with Gasteiger partial charge in [-0.25, -0.2) is 0 Å². The normalized spacial score (nSPS) is 22.6. The van der Waals surface area contributed by atoms with Gasteiger partial charge in [-0.3, -0.25) is 9.59 Å². The maximum atomic E-state index is 11.7. The van der Waals surface area contributed by atoms with E-state index < -0.39 is 0 Å². The molecular weight excluding hydrogens is 252 g/mol. The highest BCUT2D eigenvalue weighted by Gasteiger charge is 2.45. The van der Waals surface area contributed by atoms with E-state index in [2.05, 4.69) is 0 Å². The molecule has 0 bridgehead atoms. The fourth-order valence-electron chi connectivity index (χ4n) is 2.83. The summed E-state index contributed by atoms with van der Waals surface area (Å²) in [5, 5.41) is 8.78. The van der Waals surface area contributed by atoms with E-state index in [0.29, 0.717) is 13.1 Å². The lowest BCUT2D eigenvalue weighted by Gasteiger charge is -2.43. The minimum atomic E-state index is -0.0885. The number of piperidine rings is 1. The molecule has 2 heterocycles. The largest absolute Gasteiger partial charge is 0.396 e. The first-order chi connectivity index (χ1) is 8.59. The number of carbonyl (C=O) groups excluding carboxylic acids is 2. The predicted molar refractivity (Wildman–Crippen MR) is 70.1 cm³/mol. The zero-order valence-electron chi connectivity index (χ0n) is 10.7. The van der Waals surface area contributed by atoms with Gasteiger partial charge in [-0.15, -0.1) is 11.8 Å². The van der Waals surface area contributed by atoms with Gasteiger partial charge in [0.15, 0.2) is 0 Å². The van der Waals surface area contributed by atoms with Crippen molar-refractivity contribution in [1.29, 1.82) is 0 Å². The summed E-state index contributed by atoms with van der Waals surface area (Å²) in [4.78, 5) is 27.0. The maximum Gasteiger partial charge on any atom is 0.224 e. The highest BCUT2D eigenvalue weighted by molar-refractivity contribution is 8.00. The van der Waals surface area contributed by atoms with Crippen LogP contribution in [0, 0.1) is 0 Å². The average molecular weight is 272 g/mol. The zero-order chi connectivity index (χ0) is 13.2. The fourth-order valence-corrected chi connectivity index (χ4v) is 4.33. The van der Waals surface area contributed by atoms with Gasteiger partial charge in [0.25, 0.3) is 0 Å². The molecular formula is C12H20N2O3S. The molecule has 2 fully saturated rings. The summed E-state index contributed by atoms with van der Waals surface area (Å²) >= 11 is 1.85. The van der Waals surface area contributed by atoms with Crippen LogP contribution in [0.25, 0.3) is 0 Å². The second kappa shape index (κ2) is 5.48. The van der Waals surface area contributed by atoms with Crippen LogP contribution in [0.4, 0.5) is 0 Å². The summed E-state index contributed by atoms with van der Waals surface area (Å²) in [6, 6.07) is 0. The first-order valence-corrected chi connectivity index (χ1v) is 7.38. The molecule has 6 heteroatoms. The number of amides is 2. The van der Waals surface area contributed by atoms with E-state index >= 15 is 0 Å². The molecule has 2 amide bonds. The lowest BCUT2D eigenvalue weighted by molar-refractivity contribution is -0.136. The molecule has 0 aromatic heterocycles. The van der Waals surface area contributed by atoms with Crippen LogP contribution >= 0.6 is 11.8 Å². The van der Waals surface area contributed by atoms with Crippen molar-refractivity contribution in [1.82, 2.24) is 9.80 Å². The van der Waals surface area contributed by atoms with E-state index in [1.165, 1.54) is 0 Å². The van der Waals surface area contributed by atoms with Crippen molar-refractivity contribution in [2.24, 2.45) is 0 Å². The molecule has 0 radical (unpaired) electrons. The molecule has 0 unspecified atom stereocenters. The first kappa shape index (κ1) is 13.7. The standard InChI is InChI=1S/C12H20N2O3S/c1-10(16)14-7-9-18-12(14)3-5-13(6-4-12)11(17)2-8-15/h15H,2-9H2,1H3. The highest BCUT2D eigenvalue weighted by Crippen LogP contribution is 2.43. The molecule has 0 aromatic rings. The molecule has 2 rings (SSSR count). The summed E-state index contributed by atoms with van der Waals surface area (Å²) in [6.45, 7) is 3.74. The molecule has 2 aliphatic heterocycles. The monoisotopic (exact) mass is 272 g/mol. The minimum Gasteiger partial charge on any atom is -0.396 e. The van der Waals surface area contributed by atoms with Crippen LogP contribution in [0.5, 0.6) is 0 Å². The molecule has 2 aliphatic rings. The van der Waals surface area contributed by atoms with Crippen molar-refractivity contribution in [3.05, 3.63) is 0 Å². The third-order valence-electron chi connectivity index (χ3n) is 3.78. The molecule has 102 valence electrons. The lowest BCUT2D eigenvalue weighted by atomic mass is 10.0. The Kier molecular flexibility index (Phi) is 4.17. The van der Waals surface area contributed by atoms with Gasteiger partial charge in [0, 0.05) is 38.7 Å². The smallest absolute Gasteiger partial charge is 0.224 e. The van der Waals surface area contributed by atoms with Gasteiger partial charge in [-0.1, -0.05) is 0 Å². The number of aliphatic hydroxyl groups excluding tert-OH is 1. The van der Waals surface area contributed by atoms with E-state index in [0.717, 1.165) is 25.1 Å². The number of thioether (sulfide) groups is 1. The first-order valence-electron chi connectivity index (χ1n) is 6.40. The van der Waals surface area contributed by atoms with Crippen LogP contribution in [-0.2, 0) is 9.59 Å². The second-order valence-corrected chi connectivity index (χ2v) is 6.28. The van der Waals surface area contributed by atoms with Gasteiger partial charge < -0.3 is 14.9 Å². The SMILES string of the molecule is CC(=O)N1CCSC12CCN(C(=O)CCO)CC2. The van der Waals surface area contributed by atoms with Crippen LogP contribution in [0.1, 0.15) is 26.2 Å². The van der Waals surface area contributed by atoms with Crippen LogP contribution in [-0.4, -0.2) is 63.6 Å². The Balaban J connectivity index is 1.97. The summed E-state index contributed by atoms with van der Waals surface area (Å²) in [6.07, 6.45) is 1.89. The van der Waals surface area contributed by atoms with Crippen molar-refractivity contribution in [2.45, 2.75) is 31.1 Å². The second-order valence-electron chi connectivity index (χ2n) is 4.82. The maximum absolute atomic E-state index is 11.7. The third kappa shape index (κ3) is 2.49. The van der Waals surface area contributed by atoms with Crippen molar-refractivity contribution in [2.75, 3.05) is 32.0 Å². The van der Waals surface area contributed by atoms with E-state index in [4.69, 9.17) is 5.11 Å². The molecule has 0 saturated carbocycles. The van der Waals surface area contributed by atoms with Gasteiger partial charge in [-0.05, 0) is 12.8 Å². The van der Waals surface area contributed by atoms with E-state index in [1.54, 1.807) is 11.8 Å². The van der Waals surface area contributed by atoms with Gasteiger partial charge >= 0.3 is 0 Å². The molecule has 18 heavy (non-hydrogen) atoms. The van der Waals surface area contributed by atoms with Crippen molar-refractivity contribution >= 4 is 23.6 Å². The van der Waals surface area contributed by atoms with E-state index in [1.807, 2.05) is 16.7 Å². The van der Waals surface area contributed by atoms with Crippen LogP contribution in [0.2, 0.25) is 0 Å². The van der Waals surface area contributed by atoms with Crippen molar-refractivity contribution in [3.63, 3.8) is 0 Å². The quantitative estimate of drug-likeness (QED) is 0.784. The predicted octanol–water partition coefficient (Wildman–Crippen LogP) is 0.283. The lowest BCUT2D eigenvalue weighted by Crippen LogP contribution is -2.53.